The summed E-state index contributed by atoms with van der Waals surface area (Å²) in [5.74, 6) is -0.930. The number of nitrogens with one attached hydrogen (secondary N) is 1. The lowest BCUT2D eigenvalue weighted by Crippen LogP contribution is -2.18. The van der Waals surface area contributed by atoms with E-state index in [1.807, 2.05) is 30.3 Å². The van der Waals surface area contributed by atoms with Crippen LogP contribution in [0.5, 0.6) is 0 Å². The Bertz CT molecular complexity index is 1250. The second-order valence-electron chi connectivity index (χ2n) is 6.13. The molecule has 6 heteroatoms. The normalized spacial score (nSPS) is 11.2. The van der Waals surface area contributed by atoms with Gasteiger partial charge in [-0.15, -0.1) is 0 Å². The lowest BCUT2D eigenvalue weighted by atomic mass is 9.94. The van der Waals surface area contributed by atoms with Gasteiger partial charge in [0.2, 0.25) is 0 Å². The van der Waals surface area contributed by atoms with Crippen molar-refractivity contribution in [2.24, 2.45) is 0 Å². The number of carbonyl (C=O) groups excluding carboxylic acids is 1. The molecule has 0 saturated carbocycles. The third kappa shape index (κ3) is 3.35. The van der Waals surface area contributed by atoms with Gasteiger partial charge in [-0.2, -0.15) is 0 Å². The van der Waals surface area contributed by atoms with E-state index >= 15 is 0 Å². The SMILES string of the molecule is O=C(/C=C/c1cncnc1)c1c(-c2ccccc2)c2ccc(F)cc2[nH]c1=O. The predicted molar refractivity (Wildman–Crippen MR) is 105 cm³/mol. The van der Waals surface area contributed by atoms with Crippen LogP contribution in [-0.4, -0.2) is 20.7 Å². The zero-order chi connectivity index (χ0) is 19.5. The number of nitrogens with zero attached hydrogens (tertiary/aromatic N) is 2. The summed E-state index contributed by atoms with van der Waals surface area (Å²) in [6.07, 6.45) is 7.36. The number of rotatable bonds is 4. The van der Waals surface area contributed by atoms with Crippen molar-refractivity contribution < 1.29 is 9.18 Å². The van der Waals surface area contributed by atoms with Gasteiger partial charge in [0.25, 0.3) is 5.56 Å². The summed E-state index contributed by atoms with van der Waals surface area (Å²) in [4.78, 5) is 36.0. The van der Waals surface area contributed by atoms with Gasteiger partial charge in [-0.3, -0.25) is 9.59 Å². The molecular weight excluding hydrogens is 357 g/mol. The fourth-order valence-corrected chi connectivity index (χ4v) is 3.06. The van der Waals surface area contributed by atoms with Crippen LogP contribution in [0.1, 0.15) is 15.9 Å². The molecule has 0 aliphatic rings. The second kappa shape index (κ2) is 7.36. The van der Waals surface area contributed by atoms with Crippen LogP contribution in [0, 0.1) is 5.82 Å². The van der Waals surface area contributed by atoms with Crippen molar-refractivity contribution in [1.82, 2.24) is 15.0 Å². The number of H-pyrrole nitrogens is 1. The van der Waals surface area contributed by atoms with E-state index in [1.54, 1.807) is 24.5 Å². The predicted octanol–water partition coefficient (Wildman–Crippen LogP) is 4.02. The van der Waals surface area contributed by atoms with E-state index in [-0.39, 0.29) is 5.56 Å². The van der Waals surface area contributed by atoms with Crippen LogP contribution in [0.15, 0.2) is 78.1 Å². The molecule has 4 rings (SSSR count). The molecule has 0 aliphatic carbocycles. The number of aromatic nitrogens is 3. The molecule has 0 amide bonds. The molecule has 0 bridgehead atoms. The van der Waals surface area contributed by atoms with Crippen LogP contribution < -0.4 is 5.56 Å². The van der Waals surface area contributed by atoms with Crippen LogP contribution in [0.2, 0.25) is 0 Å². The van der Waals surface area contributed by atoms with Crippen molar-refractivity contribution in [3.05, 3.63) is 101 Å². The first-order valence-corrected chi connectivity index (χ1v) is 8.52. The van der Waals surface area contributed by atoms with Gasteiger partial charge in [0, 0.05) is 28.9 Å². The highest BCUT2D eigenvalue weighted by molar-refractivity contribution is 6.15. The highest BCUT2D eigenvalue weighted by Crippen LogP contribution is 2.30. The van der Waals surface area contributed by atoms with E-state index < -0.39 is 17.2 Å². The highest BCUT2D eigenvalue weighted by Gasteiger charge is 2.19. The maximum absolute atomic E-state index is 13.7. The smallest absolute Gasteiger partial charge is 0.260 e. The number of carbonyl (C=O) groups is 1. The van der Waals surface area contributed by atoms with Crippen molar-refractivity contribution in [1.29, 1.82) is 0 Å². The van der Waals surface area contributed by atoms with Gasteiger partial charge >= 0.3 is 0 Å². The van der Waals surface area contributed by atoms with Crippen LogP contribution in [0.3, 0.4) is 0 Å². The quantitative estimate of drug-likeness (QED) is 0.434. The number of hydrogen-bond acceptors (Lipinski definition) is 4. The first-order chi connectivity index (χ1) is 13.6. The van der Waals surface area contributed by atoms with E-state index in [4.69, 9.17) is 0 Å². The number of benzene rings is 2. The second-order valence-corrected chi connectivity index (χ2v) is 6.13. The van der Waals surface area contributed by atoms with E-state index in [9.17, 15) is 14.0 Å². The Morgan fingerprint density at radius 2 is 1.79 bits per heavy atom. The molecule has 0 unspecified atom stereocenters. The van der Waals surface area contributed by atoms with E-state index in [2.05, 4.69) is 15.0 Å². The Morgan fingerprint density at radius 1 is 1.04 bits per heavy atom. The maximum Gasteiger partial charge on any atom is 0.260 e. The standard InChI is InChI=1S/C22H14FN3O2/c23-16-7-8-17-18(10-16)26-22(28)21(20(17)15-4-2-1-3-5-15)19(27)9-6-14-11-24-13-25-12-14/h1-13H,(H,26,28)/b9-6+. The number of halogens is 1. The molecular formula is C22H14FN3O2. The molecule has 2 heterocycles. The van der Waals surface area contributed by atoms with Crippen LogP contribution >= 0.6 is 0 Å². The zero-order valence-electron chi connectivity index (χ0n) is 14.6. The van der Waals surface area contributed by atoms with Crippen molar-refractivity contribution in [2.45, 2.75) is 0 Å². The van der Waals surface area contributed by atoms with Crippen molar-refractivity contribution >= 4 is 22.8 Å². The minimum Gasteiger partial charge on any atom is -0.321 e. The molecule has 0 atom stereocenters. The molecule has 0 spiro atoms. The highest BCUT2D eigenvalue weighted by atomic mass is 19.1. The lowest BCUT2D eigenvalue weighted by Gasteiger charge is -2.11. The van der Waals surface area contributed by atoms with Crippen LogP contribution in [0.25, 0.3) is 28.1 Å². The average molecular weight is 371 g/mol. The number of hydrogen-bond donors (Lipinski definition) is 1. The minimum absolute atomic E-state index is 0.00147. The summed E-state index contributed by atoms with van der Waals surface area (Å²) in [6.45, 7) is 0. The van der Waals surface area contributed by atoms with Gasteiger partial charge in [0.05, 0.1) is 11.1 Å². The summed E-state index contributed by atoms with van der Waals surface area (Å²) >= 11 is 0. The Labute approximate surface area is 159 Å². The molecule has 2 aromatic carbocycles. The summed E-state index contributed by atoms with van der Waals surface area (Å²) in [6, 6.07) is 13.2. The van der Waals surface area contributed by atoms with Crippen molar-refractivity contribution in [3.8, 4) is 11.1 Å². The third-order valence-corrected chi connectivity index (χ3v) is 4.29. The number of allylic oxidation sites excluding steroid dienone is 1. The molecule has 136 valence electrons. The minimum atomic E-state index is -0.573. The van der Waals surface area contributed by atoms with E-state index in [0.29, 0.717) is 27.6 Å². The summed E-state index contributed by atoms with van der Waals surface area (Å²) < 4.78 is 13.7. The van der Waals surface area contributed by atoms with Gasteiger partial charge in [0.1, 0.15) is 12.1 Å². The van der Waals surface area contributed by atoms with Crippen molar-refractivity contribution in [2.75, 3.05) is 0 Å². The fraction of sp³-hybridized carbons (Fsp3) is 0. The van der Waals surface area contributed by atoms with Gasteiger partial charge in [-0.25, -0.2) is 14.4 Å². The Morgan fingerprint density at radius 3 is 2.54 bits per heavy atom. The first-order valence-electron chi connectivity index (χ1n) is 8.52. The summed E-state index contributed by atoms with van der Waals surface area (Å²) in [5, 5.41) is 0.590. The Hall–Kier alpha value is -3.93. The monoisotopic (exact) mass is 371 g/mol. The van der Waals surface area contributed by atoms with Crippen LogP contribution in [0.4, 0.5) is 4.39 Å². The van der Waals surface area contributed by atoms with Gasteiger partial charge < -0.3 is 4.98 Å². The molecule has 1 N–H and O–H groups in total. The topological polar surface area (TPSA) is 75.7 Å². The Kier molecular flexibility index (Phi) is 4.60. The number of ketones is 1. The van der Waals surface area contributed by atoms with E-state index in [1.165, 1.54) is 24.5 Å². The first kappa shape index (κ1) is 17.5. The summed E-state index contributed by atoms with van der Waals surface area (Å²) in [7, 11) is 0. The largest absolute Gasteiger partial charge is 0.321 e. The van der Waals surface area contributed by atoms with Gasteiger partial charge in [-0.1, -0.05) is 30.3 Å². The lowest BCUT2D eigenvalue weighted by molar-refractivity contribution is 0.104. The van der Waals surface area contributed by atoms with Gasteiger partial charge in [0.15, 0.2) is 5.78 Å². The van der Waals surface area contributed by atoms with Crippen molar-refractivity contribution in [3.63, 3.8) is 0 Å². The fourth-order valence-electron chi connectivity index (χ4n) is 3.06. The molecule has 4 aromatic rings. The molecule has 0 aliphatic heterocycles. The maximum atomic E-state index is 13.7. The number of aromatic amines is 1. The van der Waals surface area contributed by atoms with Gasteiger partial charge in [-0.05, 0) is 35.9 Å². The molecule has 0 saturated heterocycles. The molecule has 0 radical (unpaired) electrons. The van der Waals surface area contributed by atoms with E-state index in [0.717, 1.165) is 0 Å². The van der Waals surface area contributed by atoms with Crippen LogP contribution in [-0.2, 0) is 0 Å². The average Bonchev–Trinajstić information content (AvgIpc) is 2.72. The molecule has 0 fully saturated rings. The summed E-state index contributed by atoms with van der Waals surface area (Å²) in [5.41, 5.74) is 1.56. The Balaban J connectivity index is 1.94. The molecule has 2 aromatic heterocycles. The molecule has 28 heavy (non-hydrogen) atoms. The number of pyridine rings is 1. The zero-order valence-corrected chi connectivity index (χ0v) is 14.6. The molecule has 5 nitrogen and oxygen atoms in total. The number of fused-ring (bicyclic) bond motifs is 1. The third-order valence-electron chi connectivity index (χ3n) is 4.29.